The first-order valence-electron chi connectivity index (χ1n) is 7.46. The molecule has 0 aliphatic carbocycles. The highest BCUT2D eigenvalue weighted by Gasteiger charge is 2.17. The molecule has 6 heteroatoms. The number of Topliss-reactive ketones (excluding diaryl/α,β-unsaturated/α-hetero) is 1. The molecule has 0 saturated heterocycles. The van der Waals surface area contributed by atoms with Crippen molar-refractivity contribution in [1.29, 1.82) is 0 Å². The van der Waals surface area contributed by atoms with E-state index >= 15 is 0 Å². The Bertz CT molecular complexity index is 1070. The quantitative estimate of drug-likeness (QED) is 0.503. The molecule has 0 bridgehead atoms. The summed E-state index contributed by atoms with van der Waals surface area (Å²) in [7, 11) is 1.63. The number of aromatic nitrogens is 3. The number of ketones is 1. The zero-order valence-corrected chi connectivity index (χ0v) is 13.2. The van der Waals surface area contributed by atoms with Crippen LogP contribution in [0.1, 0.15) is 17.3 Å². The van der Waals surface area contributed by atoms with Gasteiger partial charge in [-0.3, -0.25) is 4.79 Å². The minimum absolute atomic E-state index is 0.111. The number of hydrogen-bond acceptors (Lipinski definition) is 4. The number of nitrogens with zero attached hydrogens (tertiary/aromatic N) is 1. The van der Waals surface area contributed by atoms with E-state index in [-0.39, 0.29) is 11.7 Å². The Morgan fingerprint density at radius 2 is 1.88 bits per heavy atom. The summed E-state index contributed by atoms with van der Waals surface area (Å²) in [4.78, 5) is 22.4. The van der Waals surface area contributed by atoms with Gasteiger partial charge < -0.3 is 19.8 Å². The fourth-order valence-corrected chi connectivity index (χ4v) is 2.93. The molecule has 2 aromatic carbocycles. The van der Waals surface area contributed by atoms with Crippen molar-refractivity contribution in [2.24, 2.45) is 0 Å². The van der Waals surface area contributed by atoms with Crippen molar-refractivity contribution in [3.05, 3.63) is 42.0 Å². The lowest BCUT2D eigenvalue weighted by molar-refractivity contribution is 0.101. The van der Waals surface area contributed by atoms with Crippen LogP contribution in [0.4, 0.5) is 0 Å². The van der Waals surface area contributed by atoms with Crippen molar-refractivity contribution in [2.75, 3.05) is 7.11 Å². The summed E-state index contributed by atoms with van der Waals surface area (Å²) >= 11 is 0. The Hall–Kier alpha value is -3.28. The van der Waals surface area contributed by atoms with E-state index in [0.717, 1.165) is 28.2 Å². The van der Waals surface area contributed by atoms with E-state index in [0.29, 0.717) is 16.5 Å². The highest BCUT2D eigenvalue weighted by Crippen LogP contribution is 2.31. The van der Waals surface area contributed by atoms with Crippen molar-refractivity contribution in [1.82, 2.24) is 15.0 Å². The second kappa shape index (κ2) is 5.13. The fraction of sp³-hybridized carbons (Fsp3) is 0.111. The number of ether oxygens (including phenoxy) is 1. The molecule has 3 N–H and O–H groups in total. The zero-order valence-electron chi connectivity index (χ0n) is 13.2. The van der Waals surface area contributed by atoms with E-state index < -0.39 is 0 Å². The van der Waals surface area contributed by atoms with Crippen molar-refractivity contribution in [3.8, 4) is 23.0 Å². The number of aromatic hydroxyl groups is 1. The number of imidazole rings is 1. The van der Waals surface area contributed by atoms with E-state index in [2.05, 4.69) is 15.0 Å². The van der Waals surface area contributed by atoms with Gasteiger partial charge in [0.05, 0.1) is 29.2 Å². The van der Waals surface area contributed by atoms with Crippen LogP contribution < -0.4 is 4.74 Å². The van der Waals surface area contributed by atoms with Gasteiger partial charge >= 0.3 is 0 Å². The van der Waals surface area contributed by atoms with Gasteiger partial charge in [0.1, 0.15) is 11.6 Å². The second-order valence-electron chi connectivity index (χ2n) is 5.63. The lowest BCUT2D eigenvalue weighted by Crippen LogP contribution is -1.89. The zero-order chi connectivity index (χ0) is 16.8. The number of fused-ring (bicyclic) bond motifs is 2. The third-order valence-corrected chi connectivity index (χ3v) is 4.10. The van der Waals surface area contributed by atoms with Crippen LogP contribution in [0.3, 0.4) is 0 Å². The first kappa shape index (κ1) is 14.3. The highest BCUT2D eigenvalue weighted by atomic mass is 16.5. The predicted molar refractivity (Wildman–Crippen MR) is 91.6 cm³/mol. The number of rotatable bonds is 3. The number of methoxy groups -OCH3 is 1. The number of nitrogens with one attached hydrogen (secondary N) is 2. The maximum absolute atomic E-state index is 11.7. The molecule has 0 saturated carbocycles. The van der Waals surface area contributed by atoms with Gasteiger partial charge in [-0.25, -0.2) is 4.98 Å². The van der Waals surface area contributed by atoms with Crippen LogP contribution in [-0.4, -0.2) is 33.0 Å². The van der Waals surface area contributed by atoms with Crippen molar-refractivity contribution >= 4 is 27.7 Å². The third-order valence-electron chi connectivity index (χ3n) is 4.10. The monoisotopic (exact) mass is 321 g/mol. The fourth-order valence-electron chi connectivity index (χ4n) is 2.93. The highest BCUT2D eigenvalue weighted by molar-refractivity contribution is 6.11. The van der Waals surface area contributed by atoms with Crippen LogP contribution in [0.15, 0.2) is 36.4 Å². The molecule has 6 nitrogen and oxygen atoms in total. The van der Waals surface area contributed by atoms with Gasteiger partial charge in [0.15, 0.2) is 5.78 Å². The molecule has 4 aromatic rings. The van der Waals surface area contributed by atoms with Crippen LogP contribution in [0.2, 0.25) is 0 Å². The van der Waals surface area contributed by atoms with E-state index in [1.54, 1.807) is 7.11 Å². The van der Waals surface area contributed by atoms with Crippen molar-refractivity contribution in [3.63, 3.8) is 0 Å². The SMILES string of the molecule is COc1ccc(-c2nc3cc4[nH]c(O)c(C(C)=O)c4cc3[nH]2)cc1. The van der Waals surface area contributed by atoms with Gasteiger partial charge in [-0.2, -0.15) is 0 Å². The predicted octanol–water partition coefficient (Wildman–Crippen LogP) is 3.63. The summed E-state index contributed by atoms with van der Waals surface area (Å²) in [6.45, 7) is 1.43. The van der Waals surface area contributed by atoms with Crippen molar-refractivity contribution < 1.29 is 14.6 Å². The van der Waals surface area contributed by atoms with Crippen LogP contribution >= 0.6 is 0 Å². The Morgan fingerprint density at radius 3 is 2.54 bits per heavy atom. The van der Waals surface area contributed by atoms with E-state index in [4.69, 9.17) is 4.74 Å². The van der Waals surface area contributed by atoms with Gasteiger partial charge in [-0.1, -0.05) is 0 Å². The topological polar surface area (TPSA) is 91.0 Å². The van der Waals surface area contributed by atoms with Crippen LogP contribution in [0.25, 0.3) is 33.3 Å². The first-order valence-corrected chi connectivity index (χ1v) is 7.46. The molecule has 0 fully saturated rings. The molecule has 0 spiro atoms. The Kier molecular flexibility index (Phi) is 3.06. The molecular formula is C18H15N3O3. The van der Waals surface area contributed by atoms with Gasteiger partial charge in [-0.05, 0) is 43.3 Å². The summed E-state index contributed by atoms with van der Waals surface area (Å²) in [6, 6.07) is 11.2. The van der Waals surface area contributed by atoms with E-state index in [9.17, 15) is 9.90 Å². The molecule has 2 heterocycles. The molecular weight excluding hydrogens is 306 g/mol. The number of carbonyl (C=O) groups excluding carboxylic acids is 1. The Labute approximate surface area is 137 Å². The summed E-state index contributed by atoms with van der Waals surface area (Å²) in [5.41, 5.74) is 3.47. The molecule has 0 unspecified atom stereocenters. The maximum Gasteiger partial charge on any atom is 0.200 e. The Morgan fingerprint density at radius 1 is 1.12 bits per heavy atom. The second-order valence-corrected chi connectivity index (χ2v) is 5.63. The van der Waals surface area contributed by atoms with Crippen molar-refractivity contribution in [2.45, 2.75) is 6.92 Å². The van der Waals surface area contributed by atoms with Gasteiger partial charge in [0.2, 0.25) is 5.88 Å². The summed E-state index contributed by atoms with van der Waals surface area (Å²) in [6.07, 6.45) is 0. The van der Waals surface area contributed by atoms with Gasteiger partial charge in [0, 0.05) is 10.9 Å². The third kappa shape index (κ3) is 2.11. The number of aromatic amines is 2. The molecule has 0 aliphatic rings. The maximum atomic E-state index is 11.7. The lowest BCUT2D eigenvalue weighted by Gasteiger charge is -2.00. The average Bonchev–Trinajstić information content (AvgIpc) is 3.11. The molecule has 2 aromatic heterocycles. The van der Waals surface area contributed by atoms with Crippen LogP contribution in [-0.2, 0) is 0 Å². The molecule has 0 aliphatic heterocycles. The average molecular weight is 321 g/mol. The van der Waals surface area contributed by atoms with Gasteiger partial charge in [0.25, 0.3) is 0 Å². The van der Waals surface area contributed by atoms with E-state index in [1.165, 1.54) is 6.92 Å². The smallest absolute Gasteiger partial charge is 0.200 e. The minimum Gasteiger partial charge on any atom is -0.497 e. The molecule has 0 atom stereocenters. The lowest BCUT2D eigenvalue weighted by atomic mass is 10.1. The van der Waals surface area contributed by atoms with Crippen LogP contribution in [0, 0.1) is 0 Å². The molecule has 120 valence electrons. The minimum atomic E-state index is -0.187. The standard InChI is InChI=1S/C18H15N3O3/c1-9(22)16-12-7-14-15(8-13(12)21-18(16)23)20-17(19-14)10-3-5-11(24-2)6-4-10/h3-8,21,23H,1-2H3,(H,19,20). The van der Waals surface area contributed by atoms with Gasteiger partial charge in [-0.15, -0.1) is 0 Å². The summed E-state index contributed by atoms with van der Waals surface area (Å²) in [5, 5.41) is 10.6. The number of H-pyrrole nitrogens is 2. The summed E-state index contributed by atoms with van der Waals surface area (Å²) < 4.78 is 5.16. The van der Waals surface area contributed by atoms with Crippen LogP contribution in [0.5, 0.6) is 11.6 Å². The number of hydrogen-bond donors (Lipinski definition) is 3. The normalized spacial score (nSPS) is 11.2. The summed E-state index contributed by atoms with van der Waals surface area (Å²) in [5.74, 6) is 1.21. The first-order chi connectivity index (χ1) is 11.6. The molecule has 0 amide bonds. The largest absolute Gasteiger partial charge is 0.497 e. The Balaban J connectivity index is 1.88. The number of benzene rings is 2. The molecule has 0 radical (unpaired) electrons. The number of carbonyl (C=O) groups is 1. The molecule has 24 heavy (non-hydrogen) atoms. The van der Waals surface area contributed by atoms with E-state index in [1.807, 2.05) is 36.4 Å². The molecule has 4 rings (SSSR count).